The van der Waals surface area contributed by atoms with Crippen LogP contribution in [0.2, 0.25) is 0 Å². The van der Waals surface area contributed by atoms with Gasteiger partial charge in [-0.05, 0) is 65.4 Å². The number of benzene rings is 2. The number of nitrogens with zero attached hydrogens (tertiary/aromatic N) is 3. The molecule has 3 rings (SSSR count). The average molecular weight is 584 g/mol. The Balaban J connectivity index is 1.83. The van der Waals surface area contributed by atoms with E-state index in [1.165, 1.54) is 5.56 Å². The van der Waals surface area contributed by atoms with E-state index in [1.807, 2.05) is 57.7 Å². The summed E-state index contributed by atoms with van der Waals surface area (Å²) in [6.07, 6.45) is 0.403. The summed E-state index contributed by atoms with van der Waals surface area (Å²) >= 11 is 0. The number of carbonyl (C=O) groups is 2. The molecular formula is C33H49N3O6. The van der Waals surface area contributed by atoms with E-state index >= 15 is 0 Å². The van der Waals surface area contributed by atoms with E-state index in [2.05, 4.69) is 24.1 Å². The number of methoxy groups -OCH3 is 2. The summed E-state index contributed by atoms with van der Waals surface area (Å²) in [5.41, 5.74) is 1.14. The molecule has 2 amide bonds. The minimum Gasteiger partial charge on any atom is -0.493 e. The smallest absolute Gasteiger partial charge is 0.410 e. The van der Waals surface area contributed by atoms with E-state index in [1.54, 1.807) is 37.3 Å². The van der Waals surface area contributed by atoms with Crippen molar-refractivity contribution in [1.29, 1.82) is 0 Å². The van der Waals surface area contributed by atoms with Crippen molar-refractivity contribution in [2.75, 3.05) is 54.1 Å². The lowest BCUT2D eigenvalue weighted by molar-refractivity contribution is 0.0278. The van der Waals surface area contributed by atoms with Crippen molar-refractivity contribution < 1.29 is 28.5 Å². The van der Waals surface area contributed by atoms with Crippen LogP contribution in [0.15, 0.2) is 48.5 Å². The Morgan fingerprint density at radius 3 is 2.33 bits per heavy atom. The fourth-order valence-electron chi connectivity index (χ4n) is 5.25. The van der Waals surface area contributed by atoms with Gasteiger partial charge in [-0.25, -0.2) is 4.79 Å². The Bertz CT molecular complexity index is 1150. The number of amides is 2. The second-order valence-electron chi connectivity index (χ2n) is 12.2. The van der Waals surface area contributed by atoms with Gasteiger partial charge < -0.3 is 28.7 Å². The van der Waals surface area contributed by atoms with E-state index in [-0.39, 0.29) is 30.0 Å². The van der Waals surface area contributed by atoms with Crippen LogP contribution in [0.4, 0.5) is 4.79 Å². The number of carbonyl (C=O) groups excluding carboxylic acids is 2. The lowest BCUT2D eigenvalue weighted by Crippen LogP contribution is -2.46. The number of likely N-dealkylation sites (N-methyl/N-ethyl adjacent to an activating group) is 1. The molecule has 2 aromatic carbocycles. The predicted molar refractivity (Wildman–Crippen MR) is 164 cm³/mol. The molecule has 1 aliphatic heterocycles. The van der Waals surface area contributed by atoms with E-state index in [9.17, 15) is 9.59 Å². The van der Waals surface area contributed by atoms with Gasteiger partial charge in [-0.3, -0.25) is 9.69 Å². The van der Waals surface area contributed by atoms with Gasteiger partial charge in [0.15, 0.2) is 11.5 Å². The summed E-state index contributed by atoms with van der Waals surface area (Å²) in [5.74, 6) is 1.04. The monoisotopic (exact) mass is 583 g/mol. The van der Waals surface area contributed by atoms with Crippen LogP contribution in [0.5, 0.6) is 11.5 Å². The Morgan fingerprint density at radius 2 is 1.71 bits per heavy atom. The van der Waals surface area contributed by atoms with Crippen LogP contribution >= 0.6 is 0 Å². The van der Waals surface area contributed by atoms with E-state index < -0.39 is 5.60 Å². The minimum absolute atomic E-state index is 0.0283. The van der Waals surface area contributed by atoms with Crippen LogP contribution in [-0.4, -0.2) is 98.5 Å². The zero-order valence-electron chi connectivity index (χ0n) is 26.6. The third-order valence-corrected chi connectivity index (χ3v) is 7.38. The standard InChI is InChI=1S/C33H49N3O6/c1-24(2)36(31(37)26-15-16-29(40-8)30(19-26)41-18-12-17-39-7)22-27-21-35(32(38)42-33(3,4)5)23-28(27)34(6)20-25-13-10-9-11-14-25/h9-11,13-16,19,24,27-28H,12,17-18,20-23H2,1-8H3/t27-,28+/m1/s1. The summed E-state index contributed by atoms with van der Waals surface area (Å²) in [7, 11) is 5.32. The molecule has 0 radical (unpaired) electrons. The van der Waals surface area contributed by atoms with Gasteiger partial charge in [0.2, 0.25) is 0 Å². The van der Waals surface area contributed by atoms with Gasteiger partial charge >= 0.3 is 6.09 Å². The molecule has 0 N–H and O–H groups in total. The normalized spacial score (nSPS) is 17.0. The molecule has 0 saturated carbocycles. The van der Waals surface area contributed by atoms with Crippen LogP contribution in [-0.2, 0) is 16.0 Å². The molecule has 0 spiro atoms. The third-order valence-electron chi connectivity index (χ3n) is 7.38. The molecule has 9 nitrogen and oxygen atoms in total. The summed E-state index contributed by atoms with van der Waals surface area (Å²) in [5, 5.41) is 0. The fraction of sp³-hybridized carbons (Fsp3) is 0.576. The van der Waals surface area contributed by atoms with Gasteiger partial charge in [-0.15, -0.1) is 0 Å². The van der Waals surface area contributed by atoms with Crippen molar-refractivity contribution in [2.24, 2.45) is 5.92 Å². The van der Waals surface area contributed by atoms with Crippen molar-refractivity contribution in [1.82, 2.24) is 14.7 Å². The number of likely N-dealkylation sites (tertiary alicyclic amines) is 1. The fourth-order valence-corrected chi connectivity index (χ4v) is 5.25. The molecular weight excluding hydrogens is 534 g/mol. The third kappa shape index (κ3) is 9.36. The SMILES string of the molecule is COCCCOc1cc(C(=O)N(C[C@H]2CN(C(=O)OC(C)(C)C)C[C@@H]2N(C)Cc2ccccc2)C(C)C)ccc1OC. The Morgan fingerprint density at radius 1 is 1.00 bits per heavy atom. The first kappa shape index (κ1) is 33.2. The minimum atomic E-state index is -0.585. The first-order valence-electron chi connectivity index (χ1n) is 14.8. The van der Waals surface area contributed by atoms with Gasteiger partial charge in [0.25, 0.3) is 5.91 Å². The van der Waals surface area contributed by atoms with Crippen molar-refractivity contribution in [2.45, 2.75) is 65.3 Å². The zero-order valence-corrected chi connectivity index (χ0v) is 26.6. The van der Waals surface area contributed by atoms with Crippen LogP contribution < -0.4 is 9.47 Å². The topological polar surface area (TPSA) is 80.8 Å². The molecule has 9 heteroatoms. The van der Waals surface area contributed by atoms with Crippen molar-refractivity contribution in [3.05, 3.63) is 59.7 Å². The summed E-state index contributed by atoms with van der Waals surface area (Å²) in [6, 6.07) is 15.6. The maximum atomic E-state index is 14.0. The molecule has 42 heavy (non-hydrogen) atoms. The molecule has 1 aliphatic rings. The van der Waals surface area contributed by atoms with E-state index in [4.69, 9.17) is 18.9 Å². The van der Waals surface area contributed by atoms with Crippen LogP contribution in [0.3, 0.4) is 0 Å². The van der Waals surface area contributed by atoms with Gasteiger partial charge in [-0.1, -0.05) is 30.3 Å². The molecule has 0 aromatic heterocycles. The number of hydrogen-bond donors (Lipinski definition) is 0. The Kier molecular flexibility index (Phi) is 12.1. The van der Waals surface area contributed by atoms with Crippen molar-refractivity contribution in [3.63, 3.8) is 0 Å². The molecule has 1 heterocycles. The maximum absolute atomic E-state index is 14.0. The average Bonchev–Trinajstić information content (AvgIpc) is 3.37. The molecule has 0 aliphatic carbocycles. The Labute approximate surface area is 251 Å². The van der Waals surface area contributed by atoms with Gasteiger partial charge in [0.1, 0.15) is 5.60 Å². The van der Waals surface area contributed by atoms with Crippen molar-refractivity contribution in [3.8, 4) is 11.5 Å². The lowest BCUT2D eigenvalue weighted by atomic mass is 9.99. The van der Waals surface area contributed by atoms with Crippen molar-refractivity contribution >= 4 is 12.0 Å². The first-order valence-corrected chi connectivity index (χ1v) is 14.8. The highest BCUT2D eigenvalue weighted by Gasteiger charge is 2.41. The van der Waals surface area contributed by atoms with Gasteiger partial charge in [0.05, 0.1) is 13.7 Å². The molecule has 2 aromatic rings. The molecule has 232 valence electrons. The van der Waals surface area contributed by atoms with Crippen LogP contribution in [0.1, 0.15) is 57.0 Å². The highest BCUT2D eigenvalue weighted by molar-refractivity contribution is 5.95. The largest absolute Gasteiger partial charge is 0.493 e. The highest BCUT2D eigenvalue weighted by atomic mass is 16.6. The van der Waals surface area contributed by atoms with Gasteiger partial charge in [0, 0.05) is 69.9 Å². The lowest BCUT2D eigenvalue weighted by Gasteiger charge is -2.34. The second kappa shape index (κ2) is 15.3. The summed E-state index contributed by atoms with van der Waals surface area (Å²) in [6.45, 7) is 13.0. The number of hydrogen-bond acceptors (Lipinski definition) is 7. The zero-order chi connectivity index (χ0) is 30.9. The molecule has 1 saturated heterocycles. The van der Waals surface area contributed by atoms with Crippen LogP contribution in [0, 0.1) is 5.92 Å². The maximum Gasteiger partial charge on any atom is 0.410 e. The molecule has 1 fully saturated rings. The predicted octanol–water partition coefficient (Wildman–Crippen LogP) is 5.33. The molecule has 2 atom stereocenters. The molecule has 0 unspecified atom stereocenters. The van der Waals surface area contributed by atoms with Crippen LogP contribution in [0.25, 0.3) is 0 Å². The Hall–Kier alpha value is -3.30. The quantitative estimate of drug-likeness (QED) is 0.295. The summed E-state index contributed by atoms with van der Waals surface area (Å²) < 4.78 is 22.3. The molecule has 0 bridgehead atoms. The second-order valence-corrected chi connectivity index (χ2v) is 12.2. The summed E-state index contributed by atoms with van der Waals surface area (Å²) in [4.78, 5) is 33.0. The first-order chi connectivity index (χ1) is 19.9. The van der Waals surface area contributed by atoms with E-state index in [0.717, 1.165) is 13.0 Å². The number of ether oxygens (including phenoxy) is 4. The highest BCUT2D eigenvalue weighted by Crippen LogP contribution is 2.31. The number of rotatable bonds is 13. The van der Waals surface area contributed by atoms with Gasteiger partial charge in [-0.2, -0.15) is 0 Å². The van der Waals surface area contributed by atoms with E-state index in [0.29, 0.717) is 49.9 Å².